The minimum Gasteiger partial charge on any atom is -0.480 e. The molecule has 5 nitrogen and oxygen atoms in total. The molecular weight excluding hydrogens is 304 g/mol. The molecule has 0 aromatic heterocycles. The van der Waals surface area contributed by atoms with E-state index in [1.165, 1.54) is 12.8 Å². The number of hydrogen-bond donors (Lipinski definition) is 0. The fraction of sp³-hybridized carbons (Fsp3) is 0.579. The Morgan fingerprint density at radius 2 is 1.54 bits per heavy atom. The summed E-state index contributed by atoms with van der Waals surface area (Å²) in [7, 11) is 0. The SMILES string of the molecule is O=C(C1CCCC1)N1CCN(C(=O)C2Cc3ccccc3O2)CC1. The van der Waals surface area contributed by atoms with Gasteiger partial charge < -0.3 is 14.5 Å². The third kappa shape index (κ3) is 2.87. The molecule has 1 unspecified atom stereocenters. The van der Waals surface area contributed by atoms with E-state index in [4.69, 9.17) is 4.74 Å². The number of amides is 2. The van der Waals surface area contributed by atoms with Crippen molar-refractivity contribution in [3.63, 3.8) is 0 Å². The van der Waals surface area contributed by atoms with Crippen LogP contribution < -0.4 is 4.74 Å². The van der Waals surface area contributed by atoms with Crippen molar-refractivity contribution in [2.24, 2.45) is 5.92 Å². The number of rotatable bonds is 2. The second-order valence-electron chi connectivity index (χ2n) is 7.05. The van der Waals surface area contributed by atoms with Crippen molar-refractivity contribution in [1.29, 1.82) is 0 Å². The standard InChI is InChI=1S/C19H24N2O3/c22-18(14-5-1-2-6-14)20-9-11-21(12-10-20)19(23)17-13-15-7-3-4-8-16(15)24-17/h3-4,7-8,14,17H,1-2,5-6,9-13H2. The van der Waals surface area contributed by atoms with Crippen LogP contribution in [0.5, 0.6) is 5.75 Å². The van der Waals surface area contributed by atoms with Gasteiger partial charge in [0.05, 0.1) is 0 Å². The van der Waals surface area contributed by atoms with Crippen molar-refractivity contribution in [3.8, 4) is 5.75 Å². The summed E-state index contributed by atoms with van der Waals surface area (Å²) in [6.45, 7) is 2.54. The van der Waals surface area contributed by atoms with Gasteiger partial charge in [-0.25, -0.2) is 0 Å². The molecule has 2 heterocycles. The molecule has 24 heavy (non-hydrogen) atoms. The maximum atomic E-state index is 12.7. The van der Waals surface area contributed by atoms with Gasteiger partial charge in [0.2, 0.25) is 5.91 Å². The molecule has 1 saturated carbocycles. The van der Waals surface area contributed by atoms with Crippen LogP contribution in [0.3, 0.4) is 0 Å². The van der Waals surface area contributed by atoms with E-state index >= 15 is 0 Å². The van der Waals surface area contributed by atoms with E-state index in [-0.39, 0.29) is 11.8 Å². The largest absolute Gasteiger partial charge is 0.480 e. The number of fused-ring (bicyclic) bond motifs is 1. The maximum Gasteiger partial charge on any atom is 0.264 e. The van der Waals surface area contributed by atoms with Crippen LogP contribution in [0.2, 0.25) is 0 Å². The van der Waals surface area contributed by atoms with Gasteiger partial charge in [-0.2, -0.15) is 0 Å². The molecule has 2 amide bonds. The molecule has 2 aliphatic heterocycles. The highest BCUT2D eigenvalue weighted by molar-refractivity contribution is 5.83. The van der Waals surface area contributed by atoms with E-state index in [9.17, 15) is 9.59 Å². The van der Waals surface area contributed by atoms with Crippen LogP contribution in [0.15, 0.2) is 24.3 Å². The number of hydrogen-bond acceptors (Lipinski definition) is 3. The average molecular weight is 328 g/mol. The zero-order valence-electron chi connectivity index (χ0n) is 13.9. The van der Waals surface area contributed by atoms with E-state index in [1.807, 2.05) is 34.1 Å². The summed E-state index contributed by atoms with van der Waals surface area (Å²) in [5.74, 6) is 1.40. The van der Waals surface area contributed by atoms with Crippen LogP contribution >= 0.6 is 0 Å². The summed E-state index contributed by atoms with van der Waals surface area (Å²) >= 11 is 0. The van der Waals surface area contributed by atoms with Crippen LogP contribution in [0.4, 0.5) is 0 Å². The summed E-state index contributed by atoms with van der Waals surface area (Å²) < 4.78 is 5.81. The number of nitrogens with zero attached hydrogens (tertiary/aromatic N) is 2. The molecule has 0 bridgehead atoms. The molecule has 1 aromatic rings. The normalized spacial score (nSPS) is 23.9. The van der Waals surface area contributed by atoms with Gasteiger partial charge in [-0.15, -0.1) is 0 Å². The number of benzene rings is 1. The smallest absolute Gasteiger partial charge is 0.264 e. The first-order valence-electron chi connectivity index (χ1n) is 9.04. The van der Waals surface area contributed by atoms with Gasteiger partial charge in [0.25, 0.3) is 5.91 Å². The second-order valence-corrected chi connectivity index (χ2v) is 7.05. The summed E-state index contributed by atoms with van der Waals surface area (Å²) in [4.78, 5) is 29.0. The van der Waals surface area contributed by atoms with Crippen LogP contribution in [0.1, 0.15) is 31.2 Å². The molecule has 0 N–H and O–H groups in total. The summed E-state index contributed by atoms with van der Waals surface area (Å²) in [5.41, 5.74) is 1.10. The molecular formula is C19H24N2O3. The van der Waals surface area contributed by atoms with E-state index in [0.717, 1.165) is 24.2 Å². The monoisotopic (exact) mass is 328 g/mol. The van der Waals surface area contributed by atoms with Gasteiger partial charge in [-0.1, -0.05) is 31.0 Å². The molecule has 3 aliphatic rings. The van der Waals surface area contributed by atoms with Crippen molar-refractivity contribution in [2.75, 3.05) is 26.2 Å². The lowest BCUT2D eigenvalue weighted by molar-refractivity contribution is -0.145. The first-order chi connectivity index (χ1) is 11.7. The highest BCUT2D eigenvalue weighted by Gasteiger charge is 2.35. The molecule has 1 saturated heterocycles. The number of piperazine rings is 1. The van der Waals surface area contributed by atoms with Gasteiger partial charge in [0, 0.05) is 38.5 Å². The quantitative estimate of drug-likeness (QED) is 0.832. The lowest BCUT2D eigenvalue weighted by Gasteiger charge is -2.36. The maximum absolute atomic E-state index is 12.7. The summed E-state index contributed by atoms with van der Waals surface area (Å²) in [6, 6.07) is 7.84. The van der Waals surface area contributed by atoms with Gasteiger partial charge in [-0.3, -0.25) is 9.59 Å². The van der Waals surface area contributed by atoms with E-state index in [0.29, 0.717) is 38.5 Å². The van der Waals surface area contributed by atoms with Gasteiger partial charge >= 0.3 is 0 Å². The zero-order valence-corrected chi connectivity index (χ0v) is 13.9. The molecule has 1 aliphatic carbocycles. The average Bonchev–Trinajstić information content (AvgIpc) is 3.30. The molecule has 2 fully saturated rings. The molecule has 128 valence electrons. The van der Waals surface area contributed by atoms with E-state index in [2.05, 4.69) is 0 Å². The predicted molar refractivity (Wildman–Crippen MR) is 89.7 cm³/mol. The molecule has 5 heteroatoms. The van der Waals surface area contributed by atoms with Crippen LogP contribution in [0.25, 0.3) is 0 Å². The number of carbonyl (C=O) groups excluding carboxylic acids is 2. The molecule has 0 spiro atoms. The Morgan fingerprint density at radius 3 is 2.21 bits per heavy atom. The number of ether oxygens (including phenoxy) is 1. The zero-order chi connectivity index (χ0) is 16.5. The minimum atomic E-state index is -0.403. The van der Waals surface area contributed by atoms with Crippen molar-refractivity contribution < 1.29 is 14.3 Å². The fourth-order valence-corrected chi connectivity index (χ4v) is 4.10. The van der Waals surface area contributed by atoms with Gasteiger partial charge in [-0.05, 0) is 24.5 Å². The van der Waals surface area contributed by atoms with Crippen molar-refractivity contribution >= 4 is 11.8 Å². The minimum absolute atomic E-state index is 0.0548. The Morgan fingerprint density at radius 1 is 0.917 bits per heavy atom. The molecule has 1 atom stereocenters. The van der Waals surface area contributed by atoms with Gasteiger partial charge in [0.15, 0.2) is 6.10 Å². The Hall–Kier alpha value is -2.04. The third-order valence-corrected chi connectivity index (χ3v) is 5.53. The lowest BCUT2D eigenvalue weighted by atomic mass is 10.1. The van der Waals surface area contributed by atoms with Crippen molar-refractivity contribution in [2.45, 2.75) is 38.2 Å². The molecule has 1 aromatic carbocycles. The Bertz CT molecular complexity index is 606. The second kappa shape index (κ2) is 6.46. The predicted octanol–water partition coefficient (Wildman–Crippen LogP) is 1.85. The highest BCUT2D eigenvalue weighted by atomic mass is 16.5. The van der Waals surface area contributed by atoms with Crippen LogP contribution in [0, 0.1) is 5.92 Å². The van der Waals surface area contributed by atoms with E-state index in [1.54, 1.807) is 0 Å². The Labute approximate surface area is 142 Å². The van der Waals surface area contributed by atoms with Crippen LogP contribution in [-0.2, 0) is 16.0 Å². The van der Waals surface area contributed by atoms with Crippen LogP contribution in [-0.4, -0.2) is 53.9 Å². The van der Waals surface area contributed by atoms with Gasteiger partial charge in [0.1, 0.15) is 5.75 Å². The summed E-state index contributed by atoms with van der Waals surface area (Å²) in [5, 5.41) is 0. The summed E-state index contributed by atoms with van der Waals surface area (Å²) in [6.07, 6.45) is 4.66. The third-order valence-electron chi connectivity index (χ3n) is 5.53. The Balaban J connectivity index is 1.31. The highest BCUT2D eigenvalue weighted by Crippen LogP contribution is 2.30. The first-order valence-corrected chi connectivity index (χ1v) is 9.04. The fourth-order valence-electron chi connectivity index (χ4n) is 4.10. The Kier molecular flexibility index (Phi) is 4.17. The molecule has 4 rings (SSSR count). The molecule has 0 radical (unpaired) electrons. The van der Waals surface area contributed by atoms with Crippen molar-refractivity contribution in [1.82, 2.24) is 9.80 Å². The van der Waals surface area contributed by atoms with Crippen molar-refractivity contribution in [3.05, 3.63) is 29.8 Å². The van der Waals surface area contributed by atoms with E-state index < -0.39 is 6.10 Å². The number of carbonyl (C=O) groups is 2. The number of para-hydroxylation sites is 1. The lowest BCUT2D eigenvalue weighted by Crippen LogP contribution is -2.54. The first kappa shape index (κ1) is 15.5. The topological polar surface area (TPSA) is 49.9 Å².